The van der Waals surface area contributed by atoms with Gasteiger partial charge in [0.25, 0.3) is 8.32 Å². The third kappa shape index (κ3) is 8.35. The molecule has 0 fully saturated rings. The first-order chi connectivity index (χ1) is 19.4. The molecule has 0 aliphatic carbocycles. The van der Waals surface area contributed by atoms with Crippen LogP contribution in [-0.4, -0.2) is 27.7 Å². The average molecular weight is 579 g/mol. The molecule has 1 nitrogen and oxygen atoms in total. The minimum Gasteiger partial charge on any atom is -0.401 e. The van der Waals surface area contributed by atoms with Crippen molar-refractivity contribution in [3.8, 4) is 11.5 Å². The van der Waals surface area contributed by atoms with E-state index in [1.54, 1.807) is 0 Å². The van der Waals surface area contributed by atoms with Crippen LogP contribution in [0.1, 0.15) is 32.6 Å². The van der Waals surface area contributed by atoms with Crippen LogP contribution in [0.2, 0.25) is 19.6 Å². The van der Waals surface area contributed by atoms with E-state index >= 15 is 0 Å². The Bertz CT molecular complexity index is 1250. The molecule has 0 radical (unpaired) electrons. The zero-order valence-corrected chi connectivity index (χ0v) is 27.2. The van der Waals surface area contributed by atoms with Crippen molar-refractivity contribution in [2.45, 2.75) is 68.5 Å². The summed E-state index contributed by atoms with van der Waals surface area (Å²) in [6, 6.07) is 43.6. The highest BCUT2D eigenvalue weighted by molar-refractivity contribution is 8.00. The van der Waals surface area contributed by atoms with E-state index in [0.29, 0.717) is 0 Å². The standard InChI is InChI=1S/C36H42OSSi2/c1-5-6-19-31(30-33(28-29-39(2,3)4)38-32-20-11-7-12-21-32)37-40(34-22-13-8-14-23-34,35-24-15-9-16-25-35)36-26-17-10-18-27-36/h7-18,20-27,31,33H,5-6,19,30H2,1-4H3/t31-,33+/m1/s1. The van der Waals surface area contributed by atoms with Gasteiger partial charge in [0.15, 0.2) is 0 Å². The summed E-state index contributed by atoms with van der Waals surface area (Å²) in [6.07, 6.45) is 4.30. The minimum atomic E-state index is -2.80. The van der Waals surface area contributed by atoms with E-state index in [1.807, 2.05) is 11.8 Å². The van der Waals surface area contributed by atoms with E-state index < -0.39 is 16.4 Å². The van der Waals surface area contributed by atoms with Gasteiger partial charge >= 0.3 is 0 Å². The first-order valence-corrected chi connectivity index (χ1v) is 20.8. The zero-order valence-electron chi connectivity index (χ0n) is 24.3. The summed E-state index contributed by atoms with van der Waals surface area (Å²) < 4.78 is 7.67. The summed E-state index contributed by atoms with van der Waals surface area (Å²) in [7, 11) is -4.33. The van der Waals surface area contributed by atoms with Crippen LogP contribution in [0.5, 0.6) is 0 Å². The molecular formula is C36H42OSSi2. The monoisotopic (exact) mass is 578 g/mol. The van der Waals surface area contributed by atoms with Crippen LogP contribution in [0.15, 0.2) is 126 Å². The Morgan fingerprint density at radius 1 is 0.675 bits per heavy atom. The van der Waals surface area contributed by atoms with Crippen molar-refractivity contribution in [3.63, 3.8) is 0 Å². The predicted octanol–water partition coefficient (Wildman–Crippen LogP) is 7.66. The number of benzene rings is 4. The Morgan fingerprint density at radius 3 is 1.55 bits per heavy atom. The molecule has 4 heteroatoms. The highest BCUT2D eigenvalue weighted by Gasteiger charge is 2.44. The van der Waals surface area contributed by atoms with Crippen molar-refractivity contribution in [1.29, 1.82) is 0 Å². The zero-order chi connectivity index (χ0) is 28.3. The van der Waals surface area contributed by atoms with Crippen LogP contribution in [0.3, 0.4) is 0 Å². The van der Waals surface area contributed by atoms with Crippen LogP contribution in [0, 0.1) is 11.5 Å². The molecule has 0 aliphatic heterocycles. The Labute approximate surface area is 248 Å². The molecule has 0 spiro atoms. The van der Waals surface area contributed by atoms with Crippen molar-refractivity contribution in [2.24, 2.45) is 0 Å². The first kappa shape index (κ1) is 30.1. The van der Waals surface area contributed by atoms with Crippen molar-refractivity contribution in [3.05, 3.63) is 121 Å². The molecular weight excluding hydrogens is 537 g/mol. The maximum absolute atomic E-state index is 7.67. The van der Waals surface area contributed by atoms with Gasteiger partial charge in [-0.3, -0.25) is 0 Å². The largest absolute Gasteiger partial charge is 0.401 e. The lowest BCUT2D eigenvalue weighted by Crippen LogP contribution is -2.70. The third-order valence-corrected chi connectivity index (χ3v) is 13.0. The molecule has 2 atom stereocenters. The Kier molecular flexibility index (Phi) is 11.1. The van der Waals surface area contributed by atoms with Gasteiger partial charge in [-0.15, -0.1) is 17.3 Å². The second kappa shape index (κ2) is 14.7. The number of hydrogen-bond donors (Lipinski definition) is 0. The van der Waals surface area contributed by atoms with Crippen LogP contribution >= 0.6 is 11.8 Å². The van der Waals surface area contributed by atoms with E-state index in [4.69, 9.17) is 4.43 Å². The van der Waals surface area contributed by atoms with Gasteiger partial charge in [0, 0.05) is 11.0 Å². The number of unbranched alkanes of at least 4 members (excludes halogenated alkanes) is 1. The normalized spacial score (nSPS) is 13.2. The van der Waals surface area contributed by atoms with E-state index in [-0.39, 0.29) is 11.4 Å². The first-order valence-electron chi connectivity index (χ1n) is 14.5. The Morgan fingerprint density at radius 2 is 1.12 bits per heavy atom. The van der Waals surface area contributed by atoms with Gasteiger partial charge in [0.1, 0.15) is 8.07 Å². The SMILES string of the molecule is CCCC[C@H](C[C@H](C#C[Si](C)(C)C)Sc1ccccc1)O[Si](c1ccccc1)(c1ccccc1)c1ccccc1. The van der Waals surface area contributed by atoms with E-state index in [9.17, 15) is 0 Å². The van der Waals surface area contributed by atoms with Gasteiger partial charge in [-0.05, 0) is 40.5 Å². The quantitative estimate of drug-likeness (QED) is 0.0739. The lowest BCUT2D eigenvalue weighted by atomic mass is 10.1. The van der Waals surface area contributed by atoms with Gasteiger partial charge in [0.2, 0.25) is 0 Å². The lowest BCUT2D eigenvalue weighted by molar-refractivity contribution is 0.181. The van der Waals surface area contributed by atoms with Crippen LogP contribution in [0.25, 0.3) is 0 Å². The van der Waals surface area contributed by atoms with Gasteiger partial charge in [0.05, 0.1) is 5.25 Å². The third-order valence-electron chi connectivity index (χ3n) is 6.87. The van der Waals surface area contributed by atoms with Gasteiger partial charge in [-0.25, -0.2) is 0 Å². The highest BCUT2D eigenvalue weighted by Crippen LogP contribution is 2.29. The van der Waals surface area contributed by atoms with Gasteiger partial charge in [-0.2, -0.15) is 0 Å². The molecule has 0 unspecified atom stereocenters. The lowest BCUT2D eigenvalue weighted by Gasteiger charge is -2.37. The minimum absolute atomic E-state index is 0.0874. The number of thioether (sulfide) groups is 1. The summed E-state index contributed by atoms with van der Waals surface area (Å²) in [5.41, 5.74) is 3.69. The molecule has 4 aromatic rings. The van der Waals surface area contributed by atoms with Gasteiger partial charge < -0.3 is 4.43 Å². The summed E-state index contributed by atoms with van der Waals surface area (Å²) in [5, 5.41) is 4.03. The molecule has 0 aromatic heterocycles. The molecule has 0 amide bonds. The average Bonchev–Trinajstić information content (AvgIpc) is 2.99. The summed E-state index contributed by atoms with van der Waals surface area (Å²) in [5.74, 6) is 3.73. The molecule has 0 heterocycles. The van der Waals surface area contributed by atoms with Gasteiger partial charge in [-0.1, -0.05) is 155 Å². The van der Waals surface area contributed by atoms with Crippen LogP contribution in [0.4, 0.5) is 0 Å². The molecule has 0 saturated carbocycles. The van der Waals surface area contributed by atoms with Crippen molar-refractivity contribution >= 4 is 43.7 Å². The highest BCUT2D eigenvalue weighted by atomic mass is 32.2. The van der Waals surface area contributed by atoms with Crippen LogP contribution in [-0.2, 0) is 4.43 Å². The molecule has 0 N–H and O–H groups in total. The second-order valence-electron chi connectivity index (χ2n) is 11.3. The number of hydrogen-bond acceptors (Lipinski definition) is 2. The molecule has 40 heavy (non-hydrogen) atoms. The van der Waals surface area contributed by atoms with E-state index in [2.05, 4.69) is 159 Å². The molecule has 206 valence electrons. The summed E-state index contributed by atoms with van der Waals surface area (Å²) in [4.78, 5) is 1.27. The predicted molar refractivity (Wildman–Crippen MR) is 180 cm³/mol. The topological polar surface area (TPSA) is 9.23 Å². The maximum Gasteiger partial charge on any atom is 0.288 e. The molecule has 0 aliphatic rings. The smallest absolute Gasteiger partial charge is 0.288 e. The van der Waals surface area contributed by atoms with Crippen molar-refractivity contribution in [1.82, 2.24) is 0 Å². The molecule has 4 aromatic carbocycles. The van der Waals surface area contributed by atoms with E-state index in [0.717, 1.165) is 25.7 Å². The second-order valence-corrected chi connectivity index (χ2v) is 20.7. The molecule has 0 bridgehead atoms. The summed E-state index contributed by atoms with van der Waals surface area (Å²) >= 11 is 1.89. The Balaban J connectivity index is 1.81. The maximum atomic E-state index is 7.67. The van der Waals surface area contributed by atoms with Crippen LogP contribution < -0.4 is 15.6 Å². The summed E-state index contributed by atoms with van der Waals surface area (Å²) in [6.45, 7) is 9.25. The molecule has 0 saturated heterocycles. The van der Waals surface area contributed by atoms with E-state index in [1.165, 1.54) is 20.5 Å². The fraction of sp³-hybridized carbons (Fsp3) is 0.278. The fourth-order valence-electron chi connectivity index (χ4n) is 4.96. The molecule has 4 rings (SSSR count). The van der Waals surface area contributed by atoms with Crippen molar-refractivity contribution in [2.75, 3.05) is 0 Å². The number of rotatable bonds is 12. The van der Waals surface area contributed by atoms with Crippen molar-refractivity contribution < 1.29 is 4.43 Å². The Hall–Kier alpha value is -2.82. The fourth-order valence-corrected chi connectivity index (χ4v) is 10.9.